The lowest BCUT2D eigenvalue weighted by Gasteiger charge is -2.29. The molecule has 0 radical (unpaired) electrons. The summed E-state index contributed by atoms with van der Waals surface area (Å²) in [6.07, 6.45) is -0.338. The average Bonchev–Trinajstić information content (AvgIpc) is 2.75. The third-order valence-electron chi connectivity index (χ3n) is 4.58. The summed E-state index contributed by atoms with van der Waals surface area (Å²) in [5.41, 5.74) is 0.375. The number of nitrogens with zero attached hydrogens (tertiary/aromatic N) is 1. The van der Waals surface area contributed by atoms with Gasteiger partial charge in [-0.3, -0.25) is 14.2 Å². The minimum absolute atomic E-state index is 0.0325. The zero-order valence-electron chi connectivity index (χ0n) is 16.5. The Labute approximate surface area is 185 Å². The molecule has 2 aromatic rings. The number of nitrogens with one attached hydrogen (secondary N) is 2. The van der Waals surface area contributed by atoms with Crippen molar-refractivity contribution in [3.05, 3.63) is 69.7 Å². The van der Waals surface area contributed by atoms with Gasteiger partial charge in [-0.15, -0.1) is 10.5 Å². The fourth-order valence-electron chi connectivity index (χ4n) is 2.94. The molecule has 11 heteroatoms. The Morgan fingerprint density at radius 1 is 1.10 bits per heavy atom. The van der Waals surface area contributed by atoms with Gasteiger partial charge in [0, 0.05) is 13.5 Å². The minimum atomic E-state index is -3.91. The molecule has 0 aromatic heterocycles. The summed E-state index contributed by atoms with van der Waals surface area (Å²) < 4.78 is 12.9. The maximum atomic E-state index is 12.9. The van der Waals surface area contributed by atoms with E-state index in [0.717, 1.165) is 10.6 Å². The van der Waals surface area contributed by atoms with Crippen LogP contribution in [0.4, 0.5) is 0 Å². The van der Waals surface area contributed by atoms with Crippen LogP contribution in [-0.4, -0.2) is 27.9 Å². The molecular weight excluding hydrogens is 452 g/mol. The molecule has 0 aliphatic heterocycles. The first-order valence-electron chi connectivity index (χ1n) is 9.09. The zero-order valence-corrected chi connectivity index (χ0v) is 18.9. The Kier molecular flexibility index (Phi) is 9.28. The lowest BCUT2D eigenvalue weighted by atomic mass is 10.1. The number of carbonyl (C=O) groups is 1. The quantitative estimate of drug-likeness (QED) is 0.278. The van der Waals surface area contributed by atoms with Crippen LogP contribution >= 0.6 is 30.6 Å². The number of hydrogen-bond acceptors (Lipinski definition) is 5. The molecule has 0 fully saturated rings. The van der Waals surface area contributed by atoms with E-state index in [4.69, 9.17) is 28.0 Å². The van der Waals surface area contributed by atoms with Crippen molar-refractivity contribution in [3.63, 3.8) is 0 Å². The molecule has 2 rings (SSSR count). The lowest BCUT2D eigenvalue weighted by molar-refractivity contribution is -0.203. The molecule has 0 heterocycles. The topological polar surface area (TPSA) is 111 Å². The van der Waals surface area contributed by atoms with E-state index in [9.17, 15) is 19.8 Å². The van der Waals surface area contributed by atoms with E-state index in [0.29, 0.717) is 10.6 Å². The second kappa shape index (κ2) is 11.2. The maximum Gasteiger partial charge on any atom is 0.262 e. The number of halogens is 2. The summed E-state index contributed by atoms with van der Waals surface area (Å²) in [4.78, 5) is 17.9. The van der Waals surface area contributed by atoms with Crippen LogP contribution in [0.5, 0.6) is 0 Å². The molecule has 0 saturated heterocycles. The van der Waals surface area contributed by atoms with E-state index in [1.165, 1.54) is 19.1 Å². The first-order chi connectivity index (χ1) is 14.2. The molecule has 1 amide bonds. The summed E-state index contributed by atoms with van der Waals surface area (Å²) in [5, 5.41) is 23.8. The monoisotopic (exact) mass is 475 g/mol. The Morgan fingerprint density at radius 2 is 1.73 bits per heavy atom. The highest BCUT2D eigenvalue weighted by molar-refractivity contribution is 7.59. The smallest absolute Gasteiger partial charge is 0.262 e. The summed E-state index contributed by atoms with van der Waals surface area (Å²) in [5.74, 6) is -0.352. The van der Waals surface area contributed by atoms with Crippen LogP contribution in [0.1, 0.15) is 43.2 Å². The third kappa shape index (κ3) is 6.26. The van der Waals surface area contributed by atoms with E-state index in [1.54, 1.807) is 23.5 Å². The highest BCUT2D eigenvalue weighted by atomic mass is 35.5. The summed E-state index contributed by atoms with van der Waals surface area (Å²) in [7, 11) is -3.91. The summed E-state index contributed by atoms with van der Waals surface area (Å²) in [6.45, 7) is 3.18. The number of benzene rings is 2. The second-order valence-corrected chi connectivity index (χ2v) is 9.77. The molecule has 0 spiro atoms. The SMILES string of the molecule is CC(=O)N(CCC(c1ccc(Cl)c(Cl)c1)P(=O)(NO)NO)OC(C)c1ccccc1. The van der Waals surface area contributed by atoms with Gasteiger partial charge >= 0.3 is 0 Å². The zero-order chi connectivity index (χ0) is 22.3. The van der Waals surface area contributed by atoms with Crippen LogP contribution in [-0.2, 0) is 14.2 Å². The number of carbonyl (C=O) groups excluding carboxylic acids is 1. The van der Waals surface area contributed by atoms with Gasteiger partial charge < -0.3 is 10.4 Å². The van der Waals surface area contributed by atoms with Gasteiger partial charge in [0.1, 0.15) is 6.10 Å². The third-order valence-corrected chi connectivity index (χ3v) is 7.34. The fraction of sp³-hybridized carbons (Fsp3) is 0.316. The molecule has 0 aliphatic rings. The largest absolute Gasteiger partial charge is 0.309 e. The van der Waals surface area contributed by atoms with Crippen LogP contribution in [0.15, 0.2) is 48.5 Å². The first-order valence-corrected chi connectivity index (χ1v) is 11.6. The Hall–Kier alpha value is -1.48. The van der Waals surface area contributed by atoms with Gasteiger partial charge in [-0.2, -0.15) is 0 Å². The van der Waals surface area contributed by atoms with E-state index in [2.05, 4.69) is 0 Å². The van der Waals surface area contributed by atoms with Crippen LogP contribution in [0.25, 0.3) is 0 Å². The van der Waals surface area contributed by atoms with Gasteiger partial charge in [0.25, 0.3) is 7.44 Å². The summed E-state index contributed by atoms with van der Waals surface area (Å²) in [6, 6.07) is 13.9. The Bertz CT molecular complexity index is 895. The molecule has 0 bridgehead atoms. The van der Waals surface area contributed by atoms with Gasteiger partial charge in [-0.1, -0.05) is 59.6 Å². The molecule has 8 nitrogen and oxygen atoms in total. The fourth-order valence-corrected chi connectivity index (χ4v) is 4.63. The molecule has 2 atom stereocenters. The number of hydroxylamine groups is 2. The van der Waals surface area contributed by atoms with Crippen LogP contribution < -0.4 is 10.5 Å². The van der Waals surface area contributed by atoms with E-state index < -0.39 is 19.2 Å². The van der Waals surface area contributed by atoms with Gasteiger partial charge in [0.2, 0.25) is 5.91 Å². The van der Waals surface area contributed by atoms with Gasteiger partial charge in [0.05, 0.1) is 15.7 Å². The number of amides is 1. The maximum absolute atomic E-state index is 12.9. The first kappa shape index (κ1) is 24.8. The van der Waals surface area contributed by atoms with Gasteiger partial charge in [-0.25, -0.2) is 5.06 Å². The number of hydrogen-bond donors (Lipinski definition) is 4. The second-order valence-electron chi connectivity index (χ2n) is 6.62. The molecule has 164 valence electrons. The Balaban J connectivity index is 2.23. The van der Waals surface area contributed by atoms with Crippen molar-refractivity contribution in [3.8, 4) is 0 Å². The van der Waals surface area contributed by atoms with E-state index >= 15 is 0 Å². The van der Waals surface area contributed by atoms with Crippen molar-refractivity contribution in [2.24, 2.45) is 0 Å². The molecule has 0 aliphatic carbocycles. The minimum Gasteiger partial charge on any atom is -0.309 e. The van der Waals surface area contributed by atoms with Crippen molar-refractivity contribution >= 4 is 36.6 Å². The predicted molar refractivity (Wildman–Crippen MR) is 115 cm³/mol. The standard InChI is InChI=1S/C19H24Cl2N3O5P/c1-13(15-6-4-3-5-7-15)29-24(14(2)25)11-10-19(30(28,22-26)23-27)16-8-9-17(20)18(21)12-16/h3-9,12-13,19,26-27H,10-11H2,1-2H3,(H2,22,23,28). The molecule has 2 aromatic carbocycles. The normalized spacial score (nSPS) is 13.7. The van der Waals surface area contributed by atoms with Gasteiger partial charge in [0.15, 0.2) is 0 Å². The summed E-state index contributed by atoms with van der Waals surface area (Å²) >= 11 is 12.0. The van der Waals surface area contributed by atoms with Gasteiger partial charge in [-0.05, 0) is 36.6 Å². The average molecular weight is 476 g/mol. The van der Waals surface area contributed by atoms with Crippen LogP contribution in [0, 0.1) is 0 Å². The Morgan fingerprint density at radius 3 is 2.27 bits per heavy atom. The van der Waals surface area contributed by atoms with E-state index in [1.807, 2.05) is 30.3 Å². The molecular formula is C19H24Cl2N3O5P. The van der Waals surface area contributed by atoms with Crippen molar-refractivity contribution in [1.29, 1.82) is 0 Å². The predicted octanol–water partition coefficient (Wildman–Crippen LogP) is 5.12. The highest BCUT2D eigenvalue weighted by Gasteiger charge is 2.35. The van der Waals surface area contributed by atoms with Crippen molar-refractivity contribution in [1.82, 2.24) is 15.6 Å². The molecule has 2 unspecified atom stereocenters. The van der Waals surface area contributed by atoms with Crippen molar-refractivity contribution in [2.75, 3.05) is 6.54 Å². The number of rotatable bonds is 10. The van der Waals surface area contributed by atoms with Crippen LogP contribution in [0.3, 0.4) is 0 Å². The van der Waals surface area contributed by atoms with E-state index in [-0.39, 0.29) is 23.9 Å². The molecule has 0 saturated carbocycles. The highest BCUT2D eigenvalue weighted by Crippen LogP contribution is 2.53. The van der Waals surface area contributed by atoms with Crippen molar-refractivity contribution < 1.29 is 24.6 Å². The van der Waals surface area contributed by atoms with Crippen molar-refractivity contribution in [2.45, 2.75) is 32.0 Å². The molecule has 4 N–H and O–H groups in total. The lowest BCUT2D eigenvalue weighted by Crippen LogP contribution is -2.33. The molecule has 30 heavy (non-hydrogen) atoms. The van der Waals surface area contributed by atoms with Crippen LogP contribution in [0.2, 0.25) is 10.0 Å².